The lowest BCUT2D eigenvalue weighted by Crippen LogP contribution is -1.91. The van der Waals surface area contributed by atoms with Crippen LogP contribution in [-0.2, 0) is 0 Å². The number of nitro groups is 1. The Labute approximate surface area is 93.5 Å². The first kappa shape index (κ1) is 10.4. The summed E-state index contributed by atoms with van der Waals surface area (Å²) in [7, 11) is 0. The number of nitrogens with zero attached hydrogens (tertiary/aromatic N) is 1. The highest BCUT2D eigenvalue weighted by Gasteiger charge is 2.11. The molecule has 0 saturated heterocycles. The predicted octanol–water partition coefficient (Wildman–Crippen LogP) is 3.57. The van der Waals surface area contributed by atoms with E-state index in [1.165, 1.54) is 0 Å². The van der Waals surface area contributed by atoms with Crippen molar-refractivity contribution in [3.8, 4) is 11.1 Å². The molecule has 16 heavy (non-hydrogen) atoms. The second-order valence-electron chi connectivity index (χ2n) is 3.62. The van der Waals surface area contributed by atoms with E-state index in [4.69, 9.17) is 0 Å². The Morgan fingerprint density at radius 2 is 1.69 bits per heavy atom. The van der Waals surface area contributed by atoms with Gasteiger partial charge >= 0.3 is 0 Å². The van der Waals surface area contributed by atoms with Crippen LogP contribution in [0, 0.1) is 17.0 Å². The quantitative estimate of drug-likeness (QED) is 0.565. The van der Waals surface area contributed by atoms with Crippen molar-refractivity contribution in [2.24, 2.45) is 0 Å². The van der Waals surface area contributed by atoms with E-state index in [1.54, 1.807) is 19.1 Å². The van der Waals surface area contributed by atoms with E-state index >= 15 is 0 Å². The van der Waals surface area contributed by atoms with Gasteiger partial charge in [0.05, 0.1) is 4.92 Å². The zero-order chi connectivity index (χ0) is 11.5. The van der Waals surface area contributed by atoms with Crippen molar-refractivity contribution in [1.82, 2.24) is 0 Å². The SMILES string of the molecule is Cc1ccc(-c2ccccc2)cc1[N+](=O)[O-]. The molecule has 0 radical (unpaired) electrons. The minimum Gasteiger partial charge on any atom is -0.258 e. The number of benzene rings is 2. The second kappa shape index (κ2) is 4.14. The van der Waals surface area contributed by atoms with Gasteiger partial charge in [-0.3, -0.25) is 10.1 Å². The molecular formula is C13H11NO2. The van der Waals surface area contributed by atoms with Crippen LogP contribution in [0.25, 0.3) is 11.1 Å². The van der Waals surface area contributed by atoms with Gasteiger partial charge in [0.25, 0.3) is 5.69 Å². The van der Waals surface area contributed by atoms with Gasteiger partial charge in [-0.25, -0.2) is 0 Å². The van der Waals surface area contributed by atoms with Crippen LogP contribution in [0.2, 0.25) is 0 Å². The molecule has 2 rings (SSSR count). The van der Waals surface area contributed by atoms with E-state index in [1.807, 2.05) is 36.4 Å². The molecule has 0 N–H and O–H groups in total. The van der Waals surface area contributed by atoms with Gasteiger partial charge in [0.1, 0.15) is 0 Å². The maximum absolute atomic E-state index is 10.8. The molecule has 0 atom stereocenters. The summed E-state index contributed by atoms with van der Waals surface area (Å²) >= 11 is 0. The maximum Gasteiger partial charge on any atom is 0.272 e. The monoisotopic (exact) mass is 213 g/mol. The molecule has 80 valence electrons. The Balaban J connectivity index is 2.52. The number of rotatable bonds is 2. The molecule has 2 aromatic carbocycles. The van der Waals surface area contributed by atoms with Gasteiger partial charge < -0.3 is 0 Å². The van der Waals surface area contributed by atoms with Crippen LogP contribution in [0.5, 0.6) is 0 Å². The normalized spacial score (nSPS) is 10.1. The summed E-state index contributed by atoms with van der Waals surface area (Å²) in [6.07, 6.45) is 0. The molecule has 0 amide bonds. The van der Waals surface area contributed by atoms with E-state index in [0.29, 0.717) is 5.56 Å². The Morgan fingerprint density at radius 3 is 2.31 bits per heavy atom. The van der Waals surface area contributed by atoms with Gasteiger partial charge in [-0.05, 0) is 18.1 Å². The van der Waals surface area contributed by atoms with Crippen LogP contribution in [-0.4, -0.2) is 4.92 Å². The van der Waals surface area contributed by atoms with E-state index < -0.39 is 0 Å². The third-order valence-corrected chi connectivity index (χ3v) is 2.51. The lowest BCUT2D eigenvalue weighted by molar-refractivity contribution is -0.385. The Morgan fingerprint density at radius 1 is 1.00 bits per heavy atom. The van der Waals surface area contributed by atoms with Crippen molar-refractivity contribution >= 4 is 5.69 Å². The Bertz CT molecular complexity index is 521. The summed E-state index contributed by atoms with van der Waals surface area (Å²) in [5.74, 6) is 0. The molecule has 0 unspecified atom stereocenters. The van der Waals surface area contributed by atoms with Crippen LogP contribution in [0.1, 0.15) is 5.56 Å². The minimum atomic E-state index is -0.345. The van der Waals surface area contributed by atoms with Gasteiger partial charge in [0, 0.05) is 11.6 Å². The van der Waals surface area contributed by atoms with Crippen molar-refractivity contribution in [2.45, 2.75) is 6.92 Å². The molecule has 0 aromatic heterocycles. The molecule has 0 saturated carbocycles. The average Bonchev–Trinajstić information content (AvgIpc) is 2.30. The van der Waals surface area contributed by atoms with E-state index in [2.05, 4.69) is 0 Å². The van der Waals surface area contributed by atoms with Crippen molar-refractivity contribution in [2.75, 3.05) is 0 Å². The number of aryl methyl sites for hydroxylation is 1. The molecule has 2 aromatic rings. The third kappa shape index (κ3) is 1.93. The van der Waals surface area contributed by atoms with Gasteiger partial charge in [0.15, 0.2) is 0 Å². The first-order valence-corrected chi connectivity index (χ1v) is 4.99. The smallest absolute Gasteiger partial charge is 0.258 e. The second-order valence-corrected chi connectivity index (χ2v) is 3.62. The minimum absolute atomic E-state index is 0.168. The summed E-state index contributed by atoms with van der Waals surface area (Å²) in [6.45, 7) is 1.74. The van der Waals surface area contributed by atoms with Crippen LogP contribution < -0.4 is 0 Å². The molecule has 3 nitrogen and oxygen atoms in total. The number of hydrogen-bond acceptors (Lipinski definition) is 2. The summed E-state index contributed by atoms with van der Waals surface area (Å²) in [5, 5.41) is 10.8. The van der Waals surface area contributed by atoms with Gasteiger partial charge in [0.2, 0.25) is 0 Å². The van der Waals surface area contributed by atoms with Crippen molar-refractivity contribution in [3.05, 3.63) is 64.2 Å². The van der Waals surface area contributed by atoms with E-state index in [0.717, 1.165) is 11.1 Å². The van der Waals surface area contributed by atoms with Crippen LogP contribution in [0.4, 0.5) is 5.69 Å². The van der Waals surface area contributed by atoms with Gasteiger partial charge in [-0.15, -0.1) is 0 Å². The number of nitro benzene ring substituents is 1. The van der Waals surface area contributed by atoms with Crippen molar-refractivity contribution in [3.63, 3.8) is 0 Å². The molecule has 0 fully saturated rings. The average molecular weight is 213 g/mol. The Hall–Kier alpha value is -2.16. The molecule has 3 heteroatoms. The Kier molecular flexibility index (Phi) is 2.68. The molecule has 0 spiro atoms. The highest BCUT2D eigenvalue weighted by molar-refractivity contribution is 5.67. The molecule has 0 aliphatic heterocycles. The molecule has 0 heterocycles. The number of hydrogen-bond donors (Lipinski definition) is 0. The van der Waals surface area contributed by atoms with Crippen LogP contribution >= 0.6 is 0 Å². The van der Waals surface area contributed by atoms with E-state index in [-0.39, 0.29) is 10.6 Å². The zero-order valence-electron chi connectivity index (χ0n) is 8.88. The predicted molar refractivity (Wildman–Crippen MR) is 63.3 cm³/mol. The lowest BCUT2D eigenvalue weighted by Gasteiger charge is -2.02. The van der Waals surface area contributed by atoms with Crippen molar-refractivity contribution in [1.29, 1.82) is 0 Å². The molecular weight excluding hydrogens is 202 g/mol. The standard InChI is InChI=1S/C13H11NO2/c1-10-7-8-12(9-13(10)14(15)16)11-5-3-2-4-6-11/h2-9H,1H3. The van der Waals surface area contributed by atoms with Crippen LogP contribution in [0.15, 0.2) is 48.5 Å². The first-order valence-electron chi connectivity index (χ1n) is 4.99. The molecule has 0 aliphatic rings. The summed E-state index contributed by atoms with van der Waals surface area (Å²) < 4.78 is 0. The van der Waals surface area contributed by atoms with Gasteiger partial charge in [-0.2, -0.15) is 0 Å². The van der Waals surface area contributed by atoms with Gasteiger partial charge in [-0.1, -0.05) is 42.5 Å². The molecule has 0 bridgehead atoms. The fourth-order valence-corrected chi connectivity index (χ4v) is 1.62. The third-order valence-electron chi connectivity index (χ3n) is 2.51. The maximum atomic E-state index is 10.8. The molecule has 0 aliphatic carbocycles. The highest BCUT2D eigenvalue weighted by atomic mass is 16.6. The zero-order valence-corrected chi connectivity index (χ0v) is 8.88. The van der Waals surface area contributed by atoms with Crippen LogP contribution in [0.3, 0.4) is 0 Å². The fraction of sp³-hybridized carbons (Fsp3) is 0.0769. The van der Waals surface area contributed by atoms with Crippen molar-refractivity contribution < 1.29 is 4.92 Å². The largest absolute Gasteiger partial charge is 0.272 e. The lowest BCUT2D eigenvalue weighted by atomic mass is 10.0. The highest BCUT2D eigenvalue weighted by Crippen LogP contribution is 2.26. The summed E-state index contributed by atoms with van der Waals surface area (Å²) in [6, 6.07) is 14.9. The topological polar surface area (TPSA) is 43.1 Å². The van der Waals surface area contributed by atoms with E-state index in [9.17, 15) is 10.1 Å². The summed E-state index contributed by atoms with van der Waals surface area (Å²) in [4.78, 5) is 10.5. The first-order chi connectivity index (χ1) is 7.68. The summed E-state index contributed by atoms with van der Waals surface area (Å²) in [5.41, 5.74) is 2.72. The fourth-order valence-electron chi connectivity index (χ4n) is 1.62.